The lowest BCUT2D eigenvalue weighted by molar-refractivity contribution is -0.130. The van der Waals surface area contributed by atoms with Crippen LogP contribution in [0.4, 0.5) is 0 Å². The number of benzene rings is 2. The van der Waals surface area contributed by atoms with Gasteiger partial charge in [0.1, 0.15) is 17.1 Å². The Bertz CT molecular complexity index is 1220. The fraction of sp³-hybridized carbons (Fsp3) is 0.269. The Hall–Kier alpha value is -3.67. The Morgan fingerprint density at radius 3 is 2.66 bits per heavy atom. The molecule has 1 atom stereocenters. The largest absolute Gasteiger partial charge is 0.497 e. The van der Waals surface area contributed by atoms with Crippen molar-refractivity contribution in [3.63, 3.8) is 0 Å². The molecule has 1 fully saturated rings. The number of ether oxygens (including phenoxy) is 1. The molecule has 2 aromatic heterocycles. The maximum atomic E-state index is 12.9. The average Bonchev–Trinajstić information content (AvgIpc) is 3.48. The summed E-state index contributed by atoms with van der Waals surface area (Å²) in [5.74, 6) is 1.90. The second-order valence-electron chi connectivity index (χ2n) is 8.15. The molecule has 6 heteroatoms. The van der Waals surface area contributed by atoms with Gasteiger partial charge >= 0.3 is 0 Å². The molecule has 2 aromatic carbocycles. The third-order valence-corrected chi connectivity index (χ3v) is 6.15. The standard InChI is InChI=1S/C26H26N4O2/c1-32-22-12-10-20(11-13-22)25-28-23-8-5-16-27-26(23)30(25)21-15-17-29(18-21)24(31)14-9-19-6-3-2-4-7-19/h2-8,10-13,16,21H,9,14-15,17-18H2,1H3. The summed E-state index contributed by atoms with van der Waals surface area (Å²) < 4.78 is 7.52. The van der Waals surface area contributed by atoms with E-state index < -0.39 is 0 Å². The molecule has 4 aromatic rings. The van der Waals surface area contributed by atoms with E-state index in [2.05, 4.69) is 21.7 Å². The summed E-state index contributed by atoms with van der Waals surface area (Å²) in [6.45, 7) is 1.44. The van der Waals surface area contributed by atoms with Gasteiger partial charge in [-0.15, -0.1) is 0 Å². The SMILES string of the molecule is COc1ccc(-c2nc3cccnc3n2C2CCN(C(=O)CCc3ccccc3)C2)cc1. The van der Waals surface area contributed by atoms with E-state index in [0.717, 1.165) is 47.7 Å². The predicted molar refractivity (Wildman–Crippen MR) is 125 cm³/mol. The van der Waals surface area contributed by atoms with Crippen molar-refractivity contribution in [1.82, 2.24) is 19.4 Å². The van der Waals surface area contributed by atoms with E-state index in [4.69, 9.17) is 9.72 Å². The first-order valence-corrected chi connectivity index (χ1v) is 11.0. The topological polar surface area (TPSA) is 60.3 Å². The number of fused-ring (bicyclic) bond motifs is 1. The first kappa shape index (κ1) is 20.2. The molecule has 0 bridgehead atoms. The molecular formula is C26H26N4O2. The van der Waals surface area contributed by atoms with Gasteiger partial charge in [-0.3, -0.25) is 4.79 Å². The van der Waals surface area contributed by atoms with Crippen LogP contribution >= 0.6 is 0 Å². The normalized spacial score (nSPS) is 15.9. The molecule has 32 heavy (non-hydrogen) atoms. The fourth-order valence-electron chi connectivity index (χ4n) is 4.45. The van der Waals surface area contributed by atoms with Gasteiger partial charge < -0.3 is 14.2 Å². The minimum atomic E-state index is 0.146. The van der Waals surface area contributed by atoms with Crippen molar-refractivity contribution < 1.29 is 9.53 Å². The molecule has 0 saturated carbocycles. The molecule has 1 aliphatic heterocycles. The Kier molecular flexibility index (Phi) is 5.58. The van der Waals surface area contributed by atoms with Crippen LogP contribution in [0.1, 0.15) is 24.4 Å². The van der Waals surface area contributed by atoms with Crippen molar-refractivity contribution in [3.8, 4) is 17.1 Å². The van der Waals surface area contributed by atoms with Crippen LogP contribution in [0.15, 0.2) is 72.9 Å². The van der Waals surface area contributed by atoms with Crippen molar-refractivity contribution in [3.05, 3.63) is 78.5 Å². The summed E-state index contributed by atoms with van der Waals surface area (Å²) in [5.41, 5.74) is 3.94. The van der Waals surface area contributed by atoms with Gasteiger partial charge in [0.05, 0.1) is 13.2 Å². The first-order chi connectivity index (χ1) is 15.7. The lowest BCUT2D eigenvalue weighted by atomic mass is 10.1. The Morgan fingerprint density at radius 2 is 1.88 bits per heavy atom. The number of methoxy groups -OCH3 is 1. The number of likely N-dealkylation sites (tertiary alicyclic amines) is 1. The van der Waals surface area contributed by atoms with Crippen LogP contribution < -0.4 is 4.74 Å². The van der Waals surface area contributed by atoms with Gasteiger partial charge in [0.25, 0.3) is 0 Å². The third-order valence-electron chi connectivity index (χ3n) is 6.15. The van der Waals surface area contributed by atoms with Crippen molar-refractivity contribution >= 4 is 17.1 Å². The van der Waals surface area contributed by atoms with Gasteiger partial charge in [0.2, 0.25) is 5.91 Å². The summed E-state index contributed by atoms with van der Waals surface area (Å²) in [7, 11) is 1.66. The molecule has 1 aliphatic rings. The summed E-state index contributed by atoms with van der Waals surface area (Å²) >= 11 is 0. The number of carbonyl (C=O) groups excluding carboxylic acids is 1. The monoisotopic (exact) mass is 426 g/mol. The molecule has 1 saturated heterocycles. The highest BCUT2D eigenvalue weighted by Gasteiger charge is 2.30. The summed E-state index contributed by atoms with van der Waals surface area (Å²) in [5, 5.41) is 0. The van der Waals surface area contributed by atoms with E-state index >= 15 is 0 Å². The molecule has 1 unspecified atom stereocenters. The number of pyridine rings is 1. The number of hydrogen-bond acceptors (Lipinski definition) is 4. The Balaban J connectivity index is 1.39. The second-order valence-corrected chi connectivity index (χ2v) is 8.15. The number of amides is 1. The number of nitrogens with zero attached hydrogens (tertiary/aromatic N) is 4. The molecule has 3 heterocycles. The lowest BCUT2D eigenvalue weighted by Crippen LogP contribution is -2.29. The molecular weight excluding hydrogens is 400 g/mol. The van der Waals surface area contributed by atoms with Crippen molar-refractivity contribution in [2.45, 2.75) is 25.3 Å². The molecule has 0 radical (unpaired) electrons. The van der Waals surface area contributed by atoms with Crippen LogP contribution in [0.3, 0.4) is 0 Å². The molecule has 162 valence electrons. The molecule has 0 spiro atoms. The van der Waals surface area contributed by atoms with E-state index in [-0.39, 0.29) is 11.9 Å². The summed E-state index contributed by atoms with van der Waals surface area (Å²) in [6, 6.07) is 22.2. The van der Waals surface area contributed by atoms with Gasteiger partial charge in [-0.05, 0) is 54.8 Å². The highest BCUT2D eigenvalue weighted by atomic mass is 16.5. The predicted octanol–water partition coefficient (Wildman–Crippen LogP) is 4.51. The van der Waals surface area contributed by atoms with E-state index in [1.54, 1.807) is 13.3 Å². The van der Waals surface area contributed by atoms with Gasteiger partial charge in [-0.25, -0.2) is 9.97 Å². The third kappa shape index (κ3) is 3.96. The number of carbonyl (C=O) groups is 1. The minimum Gasteiger partial charge on any atom is -0.497 e. The zero-order chi connectivity index (χ0) is 21.9. The smallest absolute Gasteiger partial charge is 0.222 e. The van der Waals surface area contributed by atoms with Crippen molar-refractivity contribution in [2.24, 2.45) is 0 Å². The number of imidazole rings is 1. The molecule has 6 nitrogen and oxygen atoms in total. The Morgan fingerprint density at radius 1 is 1.06 bits per heavy atom. The maximum absolute atomic E-state index is 12.9. The minimum absolute atomic E-state index is 0.146. The Labute approximate surface area is 187 Å². The van der Waals surface area contributed by atoms with Gasteiger partial charge in [-0.1, -0.05) is 30.3 Å². The zero-order valence-electron chi connectivity index (χ0n) is 18.1. The van der Waals surface area contributed by atoms with Gasteiger partial charge in [0.15, 0.2) is 5.65 Å². The fourth-order valence-corrected chi connectivity index (χ4v) is 4.45. The second kappa shape index (κ2) is 8.83. The first-order valence-electron chi connectivity index (χ1n) is 11.0. The summed E-state index contributed by atoms with van der Waals surface area (Å²) in [4.78, 5) is 24.4. The maximum Gasteiger partial charge on any atom is 0.222 e. The van der Waals surface area contributed by atoms with E-state index in [1.807, 2.05) is 59.5 Å². The van der Waals surface area contributed by atoms with Crippen LogP contribution in [0, 0.1) is 0 Å². The van der Waals surface area contributed by atoms with E-state index in [0.29, 0.717) is 13.0 Å². The highest BCUT2D eigenvalue weighted by molar-refractivity contribution is 5.79. The lowest BCUT2D eigenvalue weighted by Gasteiger charge is -2.19. The number of rotatable bonds is 6. The van der Waals surface area contributed by atoms with Crippen LogP contribution in [0.5, 0.6) is 5.75 Å². The molecule has 1 amide bonds. The molecule has 0 N–H and O–H groups in total. The number of aryl methyl sites for hydroxylation is 1. The van der Waals surface area contributed by atoms with Crippen LogP contribution in [0.25, 0.3) is 22.6 Å². The van der Waals surface area contributed by atoms with Crippen LogP contribution in [0.2, 0.25) is 0 Å². The van der Waals surface area contributed by atoms with Gasteiger partial charge in [-0.2, -0.15) is 0 Å². The highest BCUT2D eigenvalue weighted by Crippen LogP contribution is 2.33. The van der Waals surface area contributed by atoms with Crippen LogP contribution in [-0.2, 0) is 11.2 Å². The van der Waals surface area contributed by atoms with Crippen LogP contribution in [-0.4, -0.2) is 45.5 Å². The number of hydrogen-bond donors (Lipinski definition) is 0. The van der Waals surface area contributed by atoms with Crippen molar-refractivity contribution in [2.75, 3.05) is 20.2 Å². The summed E-state index contributed by atoms with van der Waals surface area (Å²) in [6.07, 6.45) is 4.00. The van der Waals surface area contributed by atoms with E-state index in [9.17, 15) is 4.79 Å². The average molecular weight is 427 g/mol. The zero-order valence-corrected chi connectivity index (χ0v) is 18.1. The van der Waals surface area contributed by atoms with Gasteiger partial charge in [0, 0.05) is 31.3 Å². The van der Waals surface area contributed by atoms with E-state index in [1.165, 1.54) is 5.56 Å². The molecule has 5 rings (SSSR count). The van der Waals surface area contributed by atoms with Crippen molar-refractivity contribution in [1.29, 1.82) is 0 Å². The number of aromatic nitrogens is 3. The quantitative estimate of drug-likeness (QED) is 0.455. The molecule has 0 aliphatic carbocycles.